The summed E-state index contributed by atoms with van der Waals surface area (Å²) in [7, 11) is 1.62. The predicted molar refractivity (Wildman–Crippen MR) is 84.0 cm³/mol. The number of aryl methyl sites for hydroxylation is 1. The van der Waals surface area contributed by atoms with Crippen LogP contribution in [0.3, 0.4) is 0 Å². The van der Waals surface area contributed by atoms with Crippen molar-refractivity contribution in [1.29, 1.82) is 0 Å². The lowest BCUT2D eigenvalue weighted by Gasteiger charge is -2.11. The van der Waals surface area contributed by atoms with Crippen LogP contribution in [0.15, 0.2) is 18.2 Å². The molecule has 1 aromatic heterocycles. The number of aromatic nitrogens is 2. The molecule has 0 fully saturated rings. The van der Waals surface area contributed by atoms with Gasteiger partial charge in [-0.15, -0.1) is 11.6 Å². The highest BCUT2D eigenvalue weighted by Gasteiger charge is 2.14. The van der Waals surface area contributed by atoms with Crippen LogP contribution in [0.4, 0.5) is 0 Å². The second-order valence-electron chi connectivity index (χ2n) is 5.13. The second-order valence-corrected chi connectivity index (χ2v) is 5.51. The summed E-state index contributed by atoms with van der Waals surface area (Å²) in [4.78, 5) is 16.6. The molecule has 0 atom stereocenters. The molecule has 0 unspecified atom stereocenters. The van der Waals surface area contributed by atoms with Crippen LogP contribution in [0.1, 0.15) is 19.7 Å². The van der Waals surface area contributed by atoms with E-state index in [1.165, 1.54) is 0 Å². The van der Waals surface area contributed by atoms with E-state index in [0.29, 0.717) is 12.3 Å². The third-order valence-electron chi connectivity index (χ3n) is 3.10. The van der Waals surface area contributed by atoms with Gasteiger partial charge in [0.05, 0.1) is 18.1 Å². The van der Waals surface area contributed by atoms with Gasteiger partial charge >= 0.3 is 0 Å². The zero-order chi connectivity index (χ0) is 15.4. The normalized spacial score (nSPS) is 11.1. The smallest absolute Gasteiger partial charge is 0.240 e. The molecule has 0 radical (unpaired) electrons. The maximum absolute atomic E-state index is 12.0. The molecule has 1 N–H and O–H groups in total. The Labute approximate surface area is 129 Å². The van der Waals surface area contributed by atoms with Crippen LogP contribution < -0.4 is 10.1 Å². The number of carbonyl (C=O) groups excluding carboxylic acids is 1. The SMILES string of the molecule is COc1ccc2c(c1)nc(CCCl)n2CC(=O)NC(C)C. The first-order valence-electron chi connectivity index (χ1n) is 6.93. The van der Waals surface area contributed by atoms with Crippen LogP contribution in [0.5, 0.6) is 5.75 Å². The van der Waals surface area contributed by atoms with Gasteiger partial charge in [-0.25, -0.2) is 4.98 Å². The van der Waals surface area contributed by atoms with Crippen LogP contribution in [-0.2, 0) is 17.8 Å². The van der Waals surface area contributed by atoms with Crippen LogP contribution in [0.2, 0.25) is 0 Å². The van der Waals surface area contributed by atoms with E-state index in [4.69, 9.17) is 16.3 Å². The quantitative estimate of drug-likeness (QED) is 0.833. The molecule has 0 saturated carbocycles. The Bertz CT molecular complexity index is 637. The van der Waals surface area contributed by atoms with Gasteiger partial charge < -0.3 is 14.6 Å². The van der Waals surface area contributed by atoms with Crippen LogP contribution in [0, 0.1) is 0 Å². The Balaban J connectivity index is 2.38. The standard InChI is InChI=1S/C15H20ClN3O2/c1-10(2)17-15(20)9-19-13-5-4-11(21-3)8-12(13)18-14(19)6-7-16/h4-5,8,10H,6-7,9H2,1-3H3,(H,17,20). The molecule has 6 heteroatoms. The van der Waals surface area contributed by atoms with Gasteiger partial charge in [0.25, 0.3) is 0 Å². The molecule has 114 valence electrons. The monoisotopic (exact) mass is 309 g/mol. The van der Waals surface area contributed by atoms with E-state index in [-0.39, 0.29) is 18.5 Å². The van der Waals surface area contributed by atoms with E-state index >= 15 is 0 Å². The van der Waals surface area contributed by atoms with Gasteiger partial charge in [0, 0.05) is 24.4 Å². The molecule has 0 saturated heterocycles. The van der Waals surface area contributed by atoms with Gasteiger partial charge in [-0.05, 0) is 26.0 Å². The number of imidazole rings is 1. The van der Waals surface area contributed by atoms with Gasteiger partial charge in [0.15, 0.2) is 0 Å². The van der Waals surface area contributed by atoms with E-state index in [1.807, 2.05) is 36.6 Å². The highest BCUT2D eigenvalue weighted by molar-refractivity contribution is 6.17. The third kappa shape index (κ3) is 3.67. The van der Waals surface area contributed by atoms with Crippen LogP contribution >= 0.6 is 11.6 Å². The molecule has 0 aliphatic carbocycles. The van der Waals surface area contributed by atoms with E-state index in [9.17, 15) is 4.79 Å². The number of hydrogen-bond acceptors (Lipinski definition) is 3. The third-order valence-corrected chi connectivity index (χ3v) is 3.29. The molecule has 1 heterocycles. The number of carbonyl (C=O) groups is 1. The fourth-order valence-corrected chi connectivity index (χ4v) is 2.42. The zero-order valence-electron chi connectivity index (χ0n) is 12.5. The van der Waals surface area contributed by atoms with Crippen molar-refractivity contribution in [2.24, 2.45) is 0 Å². The Morgan fingerprint density at radius 1 is 1.48 bits per heavy atom. The lowest BCUT2D eigenvalue weighted by molar-refractivity contribution is -0.122. The Hall–Kier alpha value is -1.75. The number of nitrogens with zero attached hydrogens (tertiary/aromatic N) is 2. The molecule has 1 amide bonds. The first kappa shape index (κ1) is 15.6. The minimum atomic E-state index is -0.0315. The largest absolute Gasteiger partial charge is 0.497 e. The van der Waals surface area contributed by atoms with E-state index in [1.54, 1.807) is 7.11 Å². The second kappa shape index (κ2) is 6.80. The topological polar surface area (TPSA) is 56.2 Å². The van der Waals surface area contributed by atoms with Crippen molar-refractivity contribution >= 4 is 28.5 Å². The summed E-state index contributed by atoms with van der Waals surface area (Å²) in [6.07, 6.45) is 0.619. The van der Waals surface area contributed by atoms with Gasteiger partial charge in [-0.3, -0.25) is 4.79 Å². The molecule has 1 aromatic carbocycles. The van der Waals surface area contributed by atoms with Crippen LogP contribution in [-0.4, -0.2) is 34.5 Å². The average molecular weight is 310 g/mol. The van der Waals surface area contributed by atoms with E-state index in [0.717, 1.165) is 22.6 Å². The fourth-order valence-electron chi connectivity index (χ4n) is 2.25. The summed E-state index contributed by atoms with van der Waals surface area (Å²) < 4.78 is 7.12. The van der Waals surface area contributed by atoms with E-state index < -0.39 is 0 Å². The highest BCUT2D eigenvalue weighted by Crippen LogP contribution is 2.22. The van der Waals surface area contributed by atoms with Crippen molar-refractivity contribution in [3.05, 3.63) is 24.0 Å². The maximum atomic E-state index is 12.0. The Morgan fingerprint density at radius 2 is 2.24 bits per heavy atom. The highest BCUT2D eigenvalue weighted by atomic mass is 35.5. The molecule has 21 heavy (non-hydrogen) atoms. The van der Waals surface area contributed by atoms with Crippen LogP contribution in [0.25, 0.3) is 11.0 Å². The number of nitrogens with one attached hydrogen (secondary N) is 1. The molecule has 0 aliphatic heterocycles. The molecular formula is C15H20ClN3O2. The molecule has 5 nitrogen and oxygen atoms in total. The minimum Gasteiger partial charge on any atom is -0.497 e. The lowest BCUT2D eigenvalue weighted by Crippen LogP contribution is -2.33. The lowest BCUT2D eigenvalue weighted by atomic mass is 10.3. The molecule has 0 bridgehead atoms. The first-order valence-corrected chi connectivity index (χ1v) is 7.47. The van der Waals surface area contributed by atoms with Gasteiger partial charge in [-0.1, -0.05) is 0 Å². The summed E-state index contributed by atoms with van der Waals surface area (Å²) >= 11 is 5.84. The number of hydrogen-bond donors (Lipinski definition) is 1. The Kier molecular flexibility index (Phi) is 5.07. The maximum Gasteiger partial charge on any atom is 0.240 e. The van der Waals surface area contributed by atoms with Crippen molar-refractivity contribution in [2.75, 3.05) is 13.0 Å². The minimum absolute atomic E-state index is 0.0315. The Morgan fingerprint density at radius 3 is 2.86 bits per heavy atom. The van der Waals surface area contributed by atoms with E-state index in [2.05, 4.69) is 10.3 Å². The number of fused-ring (bicyclic) bond motifs is 1. The summed E-state index contributed by atoms with van der Waals surface area (Å²) in [5.41, 5.74) is 1.72. The van der Waals surface area contributed by atoms with Gasteiger partial charge in [-0.2, -0.15) is 0 Å². The number of benzene rings is 1. The molecule has 0 spiro atoms. The van der Waals surface area contributed by atoms with Crippen molar-refractivity contribution in [3.8, 4) is 5.75 Å². The molecule has 2 aromatic rings. The number of halogens is 1. The summed E-state index contributed by atoms with van der Waals surface area (Å²) in [5, 5.41) is 2.89. The van der Waals surface area contributed by atoms with Crippen molar-refractivity contribution < 1.29 is 9.53 Å². The molecule has 2 rings (SSSR count). The van der Waals surface area contributed by atoms with Crippen molar-refractivity contribution in [1.82, 2.24) is 14.9 Å². The van der Waals surface area contributed by atoms with Gasteiger partial charge in [0.1, 0.15) is 18.1 Å². The first-order chi connectivity index (χ1) is 10.0. The number of alkyl halides is 1. The van der Waals surface area contributed by atoms with Gasteiger partial charge in [0.2, 0.25) is 5.91 Å². The molecular weight excluding hydrogens is 290 g/mol. The zero-order valence-corrected chi connectivity index (χ0v) is 13.3. The number of rotatable bonds is 6. The van der Waals surface area contributed by atoms with Crippen molar-refractivity contribution in [2.45, 2.75) is 32.9 Å². The predicted octanol–water partition coefficient (Wildman–Crippen LogP) is 2.35. The molecule has 0 aliphatic rings. The number of ether oxygens (including phenoxy) is 1. The summed E-state index contributed by atoms with van der Waals surface area (Å²) in [6.45, 7) is 4.12. The number of amides is 1. The number of methoxy groups -OCH3 is 1. The summed E-state index contributed by atoms with van der Waals surface area (Å²) in [5.74, 6) is 1.99. The average Bonchev–Trinajstić information content (AvgIpc) is 2.75. The summed E-state index contributed by atoms with van der Waals surface area (Å²) in [6, 6.07) is 5.76. The van der Waals surface area contributed by atoms with Crippen molar-refractivity contribution in [3.63, 3.8) is 0 Å². The fraction of sp³-hybridized carbons (Fsp3) is 0.467.